The maximum atomic E-state index is 12.0. The zero-order valence-corrected chi connectivity index (χ0v) is 9.92. The SMILES string of the molecule is CCOC(=O)CNc1cnc2ccccn2c1=O. The molecule has 2 aromatic rings. The van der Waals surface area contributed by atoms with Crippen molar-refractivity contribution in [3.05, 3.63) is 40.9 Å². The lowest BCUT2D eigenvalue weighted by atomic mass is 10.4. The third-order valence-corrected chi connectivity index (χ3v) is 2.34. The monoisotopic (exact) mass is 247 g/mol. The molecule has 0 aliphatic rings. The number of pyridine rings is 1. The van der Waals surface area contributed by atoms with Crippen LogP contribution in [0, 0.1) is 0 Å². The highest BCUT2D eigenvalue weighted by atomic mass is 16.5. The van der Waals surface area contributed by atoms with Crippen LogP contribution < -0.4 is 10.9 Å². The number of ether oxygens (including phenoxy) is 1. The summed E-state index contributed by atoms with van der Waals surface area (Å²) in [5.41, 5.74) is 0.584. The Bertz CT molecular complexity index is 621. The summed E-state index contributed by atoms with van der Waals surface area (Å²) in [5, 5.41) is 2.72. The summed E-state index contributed by atoms with van der Waals surface area (Å²) in [6.07, 6.45) is 3.04. The zero-order valence-electron chi connectivity index (χ0n) is 9.92. The number of anilines is 1. The molecule has 0 fully saturated rings. The number of hydrogen-bond acceptors (Lipinski definition) is 5. The summed E-state index contributed by atoms with van der Waals surface area (Å²) >= 11 is 0. The molecule has 0 atom stereocenters. The molecular weight excluding hydrogens is 234 g/mol. The Kier molecular flexibility index (Phi) is 3.57. The van der Waals surface area contributed by atoms with Gasteiger partial charge >= 0.3 is 5.97 Å². The van der Waals surface area contributed by atoms with E-state index >= 15 is 0 Å². The van der Waals surface area contributed by atoms with Crippen LogP contribution in [0.15, 0.2) is 35.4 Å². The van der Waals surface area contributed by atoms with Gasteiger partial charge in [-0.25, -0.2) is 4.98 Å². The molecule has 6 heteroatoms. The molecule has 18 heavy (non-hydrogen) atoms. The average molecular weight is 247 g/mol. The van der Waals surface area contributed by atoms with Gasteiger partial charge in [0.05, 0.1) is 12.8 Å². The van der Waals surface area contributed by atoms with Gasteiger partial charge in [-0.1, -0.05) is 6.07 Å². The highest BCUT2D eigenvalue weighted by molar-refractivity contribution is 5.74. The number of aromatic nitrogens is 2. The highest BCUT2D eigenvalue weighted by Crippen LogP contribution is 2.01. The topological polar surface area (TPSA) is 72.7 Å². The van der Waals surface area contributed by atoms with Crippen molar-refractivity contribution >= 4 is 17.3 Å². The number of fused-ring (bicyclic) bond motifs is 1. The molecule has 2 heterocycles. The molecule has 0 saturated carbocycles. The maximum absolute atomic E-state index is 12.0. The third kappa shape index (κ3) is 2.48. The number of esters is 1. The number of carbonyl (C=O) groups is 1. The van der Waals surface area contributed by atoms with E-state index in [0.717, 1.165) is 0 Å². The summed E-state index contributed by atoms with van der Waals surface area (Å²) in [4.78, 5) is 27.3. The van der Waals surface area contributed by atoms with E-state index in [9.17, 15) is 9.59 Å². The van der Waals surface area contributed by atoms with Crippen molar-refractivity contribution in [2.45, 2.75) is 6.92 Å². The first-order chi connectivity index (χ1) is 8.72. The van der Waals surface area contributed by atoms with E-state index < -0.39 is 5.97 Å². The van der Waals surface area contributed by atoms with Crippen molar-refractivity contribution in [1.82, 2.24) is 9.38 Å². The molecule has 0 aliphatic heterocycles. The largest absolute Gasteiger partial charge is 0.465 e. The van der Waals surface area contributed by atoms with Crippen molar-refractivity contribution in [3.63, 3.8) is 0 Å². The fourth-order valence-electron chi connectivity index (χ4n) is 1.53. The number of rotatable bonds is 4. The quantitative estimate of drug-likeness (QED) is 0.804. The maximum Gasteiger partial charge on any atom is 0.325 e. The Morgan fingerprint density at radius 2 is 2.33 bits per heavy atom. The van der Waals surface area contributed by atoms with Crippen LogP contribution in [0.3, 0.4) is 0 Å². The van der Waals surface area contributed by atoms with Gasteiger partial charge in [-0.15, -0.1) is 0 Å². The van der Waals surface area contributed by atoms with Gasteiger partial charge in [0.1, 0.15) is 17.9 Å². The molecule has 0 unspecified atom stereocenters. The fourth-order valence-corrected chi connectivity index (χ4v) is 1.53. The lowest BCUT2D eigenvalue weighted by Crippen LogP contribution is -2.24. The molecule has 2 aromatic heterocycles. The Morgan fingerprint density at radius 3 is 3.11 bits per heavy atom. The lowest BCUT2D eigenvalue weighted by Gasteiger charge is -2.06. The fraction of sp³-hybridized carbons (Fsp3) is 0.250. The van der Waals surface area contributed by atoms with Crippen molar-refractivity contribution < 1.29 is 9.53 Å². The summed E-state index contributed by atoms with van der Waals surface area (Å²) in [6.45, 7) is 1.99. The third-order valence-electron chi connectivity index (χ3n) is 2.34. The Hall–Kier alpha value is -2.37. The Balaban J connectivity index is 2.22. The van der Waals surface area contributed by atoms with E-state index in [0.29, 0.717) is 12.3 Å². The van der Waals surface area contributed by atoms with Crippen molar-refractivity contribution in [3.8, 4) is 0 Å². The predicted molar refractivity (Wildman–Crippen MR) is 66.6 cm³/mol. The summed E-state index contributed by atoms with van der Waals surface area (Å²) in [5.74, 6) is -0.407. The molecule has 0 aliphatic carbocycles. The van der Waals surface area contributed by atoms with E-state index in [1.807, 2.05) is 0 Å². The van der Waals surface area contributed by atoms with Crippen LogP contribution in [0.1, 0.15) is 6.92 Å². The van der Waals surface area contributed by atoms with Crippen LogP contribution in [-0.2, 0) is 9.53 Å². The zero-order chi connectivity index (χ0) is 13.0. The van der Waals surface area contributed by atoms with Gasteiger partial charge in [-0.05, 0) is 19.1 Å². The predicted octanol–water partition coefficient (Wildman–Crippen LogP) is 0.669. The number of nitrogens with one attached hydrogen (secondary N) is 1. The van der Waals surface area contributed by atoms with Gasteiger partial charge in [0, 0.05) is 6.20 Å². The Labute approximate surface area is 103 Å². The molecule has 6 nitrogen and oxygen atoms in total. The molecule has 0 saturated heterocycles. The molecule has 0 aromatic carbocycles. The normalized spacial score (nSPS) is 10.3. The Morgan fingerprint density at radius 1 is 1.50 bits per heavy atom. The number of nitrogens with zero attached hydrogens (tertiary/aromatic N) is 2. The molecule has 0 bridgehead atoms. The molecule has 2 rings (SSSR count). The smallest absolute Gasteiger partial charge is 0.325 e. The molecule has 0 radical (unpaired) electrons. The van der Waals surface area contributed by atoms with Crippen molar-refractivity contribution in [2.75, 3.05) is 18.5 Å². The van der Waals surface area contributed by atoms with Crippen LogP contribution in [0.5, 0.6) is 0 Å². The minimum atomic E-state index is -0.407. The first-order valence-corrected chi connectivity index (χ1v) is 5.58. The minimum Gasteiger partial charge on any atom is -0.465 e. The van der Waals surface area contributed by atoms with Crippen LogP contribution in [0.25, 0.3) is 5.65 Å². The van der Waals surface area contributed by atoms with Crippen molar-refractivity contribution in [2.24, 2.45) is 0 Å². The van der Waals surface area contributed by atoms with Gasteiger partial charge < -0.3 is 10.1 Å². The first kappa shape index (κ1) is 12.1. The van der Waals surface area contributed by atoms with E-state index in [4.69, 9.17) is 4.74 Å². The van der Waals surface area contributed by atoms with Crippen LogP contribution in [0.2, 0.25) is 0 Å². The van der Waals surface area contributed by atoms with Gasteiger partial charge in [0.15, 0.2) is 0 Å². The van der Waals surface area contributed by atoms with E-state index in [-0.39, 0.29) is 17.8 Å². The molecular formula is C12H13N3O3. The molecule has 0 amide bonds. The molecule has 94 valence electrons. The van der Waals surface area contributed by atoms with E-state index in [1.54, 1.807) is 31.3 Å². The van der Waals surface area contributed by atoms with Gasteiger partial charge in [0.2, 0.25) is 0 Å². The van der Waals surface area contributed by atoms with E-state index in [2.05, 4.69) is 10.3 Å². The lowest BCUT2D eigenvalue weighted by molar-refractivity contribution is -0.140. The summed E-state index contributed by atoms with van der Waals surface area (Å²) in [7, 11) is 0. The molecule has 0 spiro atoms. The second kappa shape index (κ2) is 5.31. The van der Waals surface area contributed by atoms with Gasteiger partial charge in [-0.2, -0.15) is 0 Å². The average Bonchev–Trinajstić information content (AvgIpc) is 2.39. The van der Waals surface area contributed by atoms with Crippen molar-refractivity contribution in [1.29, 1.82) is 0 Å². The van der Waals surface area contributed by atoms with Crippen LogP contribution >= 0.6 is 0 Å². The molecule has 1 N–H and O–H groups in total. The summed E-state index contributed by atoms with van der Waals surface area (Å²) < 4.78 is 6.17. The first-order valence-electron chi connectivity index (χ1n) is 5.58. The number of hydrogen-bond donors (Lipinski definition) is 1. The number of carbonyl (C=O) groups excluding carboxylic acids is 1. The second-order valence-electron chi connectivity index (χ2n) is 3.56. The van der Waals surface area contributed by atoms with Gasteiger partial charge in [0.25, 0.3) is 5.56 Å². The highest BCUT2D eigenvalue weighted by Gasteiger charge is 2.06. The van der Waals surface area contributed by atoms with E-state index in [1.165, 1.54) is 10.6 Å². The van der Waals surface area contributed by atoms with Crippen LogP contribution in [0.4, 0.5) is 5.69 Å². The van der Waals surface area contributed by atoms with Crippen LogP contribution in [-0.4, -0.2) is 28.5 Å². The second-order valence-corrected chi connectivity index (χ2v) is 3.56. The standard InChI is InChI=1S/C12H13N3O3/c1-2-18-11(16)8-13-9-7-14-10-5-3-4-6-15(10)12(9)17/h3-7,13H,2,8H2,1H3. The van der Waals surface area contributed by atoms with Gasteiger partial charge in [-0.3, -0.25) is 14.0 Å². The minimum absolute atomic E-state index is 0.0519. The summed E-state index contributed by atoms with van der Waals surface area (Å²) in [6, 6.07) is 5.27.